The van der Waals surface area contributed by atoms with Crippen molar-refractivity contribution >= 4 is 5.91 Å². The fourth-order valence-corrected chi connectivity index (χ4v) is 10.7. The van der Waals surface area contributed by atoms with Crippen LogP contribution in [0.25, 0.3) is 0 Å². The van der Waals surface area contributed by atoms with Gasteiger partial charge in [0.25, 0.3) is 0 Å². The SMILES string of the molecule is C#CCN(C(C)=O)[C@@H]1O[C@H](CO)[C@@H](O[C@H]2O[C@H](CO)[C@@H](O[C@H]3O[C@H](CO)[C@@H](O[C@H]4O[C@H](CO)[C@@H](O[C@H]5O[C@H](CO)[C@@H](O[C@H]6O[C@H](CO)[C@@H](O[C@H]7O[C@H](CO)[C@@H](O)[C@H](O)[C@H]7O)[C@H](O)[C@H]6O)[C@H](O)[C@H]5O)[C@H](O)[C@H]4O)[C@H](O)[C@H]3O)[C@H](O)[C@H]2O)[C@H](O)[C@H]1O. The van der Waals surface area contributed by atoms with E-state index in [1.54, 1.807) is 0 Å². The molecule has 0 bridgehead atoms. The van der Waals surface area contributed by atoms with Gasteiger partial charge in [-0.15, -0.1) is 6.42 Å². The highest BCUT2D eigenvalue weighted by Crippen LogP contribution is 2.38. The summed E-state index contributed by atoms with van der Waals surface area (Å²) in [7, 11) is 0. The highest BCUT2D eigenvalue weighted by molar-refractivity contribution is 5.73. The molecule has 0 aromatic heterocycles. The molecular formula is C47H77NO36. The number of aliphatic hydroxyl groups is 22. The summed E-state index contributed by atoms with van der Waals surface area (Å²) in [6, 6.07) is 0. The predicted molar refractivity (Wildman–Crippen MR) is 256 cm³/mol. The molecule has 37 heteroatoms. The van der Waals surface area contributed by atoms with Crippen molar-refractivity contribution in [2.45, 2.75) is 222 Å². The normalized spacial score (nSPS) is 50.3. The first-order valence-electron chi connectivity index (χ1n) is 26.6. The first-order chi connectivity index (χ1) is 39.9. The summed E-state index contributed by atoms with van der Waals surface area (Å²) in [5.74, 6) is 1.54. The van der Waals surface area contributed by atoms with Gasteiger partial charge in [0.15, 0.2) is 44.0 Å². The van der Waals surface area contributed by atoms with E-state index in [1.807, 2.05) is 0 Å². The van der Waals surface area contributed by atoms with Crippen molar-refractivity contribution < 1.29 is 179 Å². The summed E-state index contributed by atoms with van der Waals surface area (Å²) in [5, 5.41) is 236. The number of ether oxygens (including phenoxy) is 13. The minimum atomic E-state index is -2.24. The van der Waals surface area contributed by atoms with Gasteiger partial charge in [0.1, 0.15) is 171 Å². The largest absolute Gasteiger partial charge is 0.394 e. The van der Waals surface area contributed by atoms with Gasteiger partial charge in [0.2, 0.25) is 5.91 Å². The van der Waals surface area contributed by atoms with Gasteiger partial charge in [0, 0.05) is 6.92 Å². The van der Waals surface area contributed by atoms with Gasteiger partial charge in [-0.3, -0.25) is 4.79 Å². The molecule has 7 heterocycles. The molecule has 0 radical (unpaired) electrons. The Bertz CT molecular complexity index is 2080. The smallest absolute Gasteiger partial charge is 0.222 e. The van der Waals surface area contributed by atoms with Crippen LogP contribution < -0.4 is 0 Å². The summed E-state index contributed by atoms with van der Waals surface area (Å²) >= 11 is 0. The van der Waals surface area contributed by atoms with Crippen LogP contribution in [-0.2, 0) is 66.4 Å². The maximum atomic E-state index is 12.2. The van der Waals surface area contributed by atoms with Crippen molar-refractivity contribution in [2.24, 2.45) is 0 Å². The third-order valence-corrected chi connectivity index (χ3v) is 15.5. The maximum Gasteiger partial charge on any atom is 0.222 e. The zero-order chi connectivity index (χ0) is 61.9. The van der Waals surface area contributed by atoms with E-state index < -0.39 is 267 Å². The number of aliphatic hydroxyl groups excluding tert-OH is 22. The summed E-state index contributed by atoms with van der Waals surface area (Å²) in [4.78, 5) is 13.1. The Morgan fingerprint density at radius 3 is 0.774 bits per heavy atom. The maximum absolute atomic E-state index is 12.2. The molecule has 7 aliphatic heterocycles. The fourth-order valence-electron chi connectivity index (χ4n) is 10.7. The molecule has 1 amide bonds. The summed E-state index contributed by atoms with van der Waals surface area (Å²) < 4.78 is 73.0. The Kier molecular flexibility index (Phi) is 24.7. The molecule has 0 saturated carbocycles. The van der Waals surface area contributed by atoms with Crippen LogP contribution in [0.2, 0.25) is 0 Å². The molecule has 22 N–H and O–H groups in total. The number of amides is 1. The molecule has 37 nitrogen and oxygen atoms in total. The predicted octanol–water partition coefficient (Wildman–Crippen LogP) is -15.8. The van der Waals surface area contributed by atoms with Gasteiger partial charge < -0.3 is 179 Å². The molecule has 7 fully saturated rings. The topological polar surface area (TPSA) is 585 Å². The van der Waals surface area contributed by atoms with E-state index in [0.717, 1.165) is 11.8 Å². The fraction of sp³-hybridized carbons (Fsp3) is 0.936. The highest BCUT2D eigenvalue weighted by Gasteiger charge is 2.59. The van der Waals surface area contributed by atoms with Gasteiger partial charge in [-0.1, -0.05) is 5.92 Å². The molecule has 0 aromatic carbocycles. The standard InChI is InChI=1S/C47H77NO36/c1-3-4-48(12(2)56)41-28(65)22(59)35(14(6-50)72-41)79-43-30(67)24(61)37(16(8-52)74-43)81-45-32(69)26(63)39(18(10-54)76-45)83-47-34(71)27(64)40(19(11-55)78-47)84-46-33(70)25(62)38(17(9-53)77-46)82-44-31(68)23(60)36(15(7-51)75-44)80-42-29(66)21(58)20(57)13(5-49)73-42/h1,13-47,49-55,57-71H,4-11H2,2H3/t13-,14-,15-,16-,17-,18-,19-,20-,21+,22-,23-,24-,25-,26-,27-,28-,29-,30-,31-,32-,33-,34-,35-,36-,37-,38-,39-,40-,41-,42-,43-,44-,45-,46-,47-/m1/s1. The van der Waals surface area contributed by atoms with Crippen LogP contribution in [0.5, 0.6) is 0 Å². The van der Waals surface area contributed by atoms with Crippen LogP contribution >= 0.6 is 0 Å². The summed E-state index contributed by atoms with van der Waals surface area (Å²) in [6.07, 6.45) is -62.2. The number of hydrogen-bond acceptors (Lipinski definition) is 36. The lowest BCUT2D eigenvalue weighted by atomic mass is 9.95. The minimum Gasteiger partial charge on any atom is -0.394 e. The first kappa shape index (κ1) is 69.1. The van der Waals surface area contributed by atoms with Gasteiger partial charge >= 0.3 is 0 Å². The van der Waals surface area contributed by atoms with Gasteiger partial charge in [-0.2, -0.15) is 0 Å². The number of rotatable bonds is 21. The number of nitrogens with zero attached hydrogens (tertiary/aromatic N) is 1. The van der Waals surface area contributed by atoms with Crippen molar-refractivity contribution in [3.05, 3.63) is 0 Å². The zero-order valence-corrected chi connectivity index (χ0v) is 44.4. The van der Waals surface area contributed by atoms with Gasteiger partial charge in [0.05, 0.1) is 52.8 Å². The lowest BCUT2D eigenvalue weighted by Gasteiger charge is -2.50. The molecule has 486 valence electrons. The molecule has 7 aliphatic rings. The summed E-state index contributed by atoms with van der Waals surface area (Å²) in [6.45, 7) is -6.21. The van der Waals surface area contributed by atoms with E-state index in [4.69, 9.17) is 68.0 Å². The third-order valence-electron chi connectivity index (χ3n) is 15.5. The molecule has 35 atom stereocenters. The zero-order valence-electron chi connectivity index (χ0n) is 44.4. The number of carbonyl (C=O) groups is 1. The highest BCUT2D eigenvalue weighted by atomic mass is 16.8. The van der Waals surface area contributed by atoms with E-state index in [2.05, 4.69) is 5.92 Å². The first-order valence-corrected chi connectivity index (χ1v) is 26.6. The van der Waals surface area contributed by atoms with Crippen LogP contribution in [0, 0.1) is 12.3 Å². The Hall–Kier alpha value is -2.37. The molecular weight excluding hydrogens is 1150 g/mol. The number of terminal acetylenes is 1. The number of carbonyl (C=O) groups excluding carboxylic acids is 1. The van der Waals surface area contributed by atoms with Crippen LogP contribution in [0.4, 0.5) is 0 Å². The van der Waals surface area contributed by atoms with E-state index in [1.165, 1.54) is 0 Å². The average Bonchev–Trinajstić information content (AvgIpc) is 3.60. The Balaban J connectivity index is 0.945. The quantitative estimate of drug-likeness (QED) is 0.0475. The monoisotopic (exact) mass is 1230 g/mol. The molecule has 84 heavy (non-hydrogen) atoms. The second-order valence-corrected chi connectivity index (χ2v) is 20.9. The summed E-state index contributed by atoms with van der Waals surface area (Å²) in [5.41, 5.74) is 0. The van der Waals surface area contributed by atoms with Crippen molar-refractivity contribution in [3.8, 4) is 12.3 Å². The van der Waals surface area contributed by atoms with Crippen molar-refractivity contribution in [1.29, 1.82) is 0 Å². The Morgan fingerprint density at radius 1 is 0.333 bits per heavy atom. The average molecular weight is 1230 g/mol. The van der Waals surface area contributed by atoms with Crippen LogP contribution in [-0.4, -0.2) is 391 Å². The van der Waals surface area contributed by atoms with Gasteiger partial charge in [-0.25, -0.2) is 0 Å². The molecule has 0 aromatic rings. The lowest BCUT2D eigenvalue weighted by molar-refractivity contribution is -0.397. The van der Waals surface area contributed by atoms with E-state index in [0.29, 0.717) is 0 Å². The second-order valence-electron chi connectivity index (χ2n) is 20.9. The van der Waals surface area contributed by atoms with E-state index >= 15 is 0 Å². The van der Waals surface area contributed by atoms with E-state index in [-0.39, 0.29) is 6.54 Å². The molecule has 7 rings (SSSR count). The molecule has 7 saturated heterocycles. The molecule has 0 spiro atoms. The van der Waals surface area contributed by atoms with Crippen LogP contribution in [0.1, 0.15) is 6.92 Å². The van der Waals surface area contributed by atoms with Crippen molar-refractivity contribution in [2.75, 3.05) is 52.8 Å². The van der Waals surface area contributed by atoms with Crippen LogP contribution in [0.3, 0.4) is 0 Å². The van der Waals surface area contributed by atoms with Gasteiger partial charge in [-0.05, 0) is 0 Å². The minimum absolute atomic E-state index is 0.366. The van der Waals surface area contributed by atoms with E-state index in [9.17, 15) is 117 Å². The van der Waals surface area contributed by atoms with Crippen LogP contribution in [0.15, 0.2) is 0 Å². The Labute approximate surface area is 475 Å². The lowest BCUT2D eigenvalue weighted by Crippen LogP contribution is -2.68. The molecule has 0 unspecified atom stereocenters. The van der Waals surface area contributed by atoms with Crippen molar-refractivity contribution in [3.63, 3.8) is 0 Å². The van der Waals surface area contributed by atoms with Crippen molar-refractivity contribution in [1.82, 2.24) is 4.90 Å². The third kappa shape index (κ3) is 14.1. The Morgan fingerprint density at radius 2 is 0.548 bits per heavy atom. The second kappa shape index (κ2) is 30.0. The number of hydrogen-bond donors (Lipinski definition) is 22. The molecule has 0 aliphatic carbocycles.